The van der Waals surface area contributed by atoms with E-state index < -0.39 is 0 Å². The predicted octanol–water partition coefficient (Wildman–Crippen LogP) is 5.02. The third-order valence-corrected chi connectivity index (χ3v) is 5.77. The van der Waals surface area contributed by atoms with Crippen molar-refractivity contribution in [3.63, 3.8) is 0 Å². The van der Waals surface area contributed by atoms with Gasteiger partial charge in [0.05, 0.1) is 11.6 Å². The third kappa shape index (κ3) is 1.96. The Morgan fingerprint density at radius 2 is 2.16 bits per heavy atom. The summed E-state index contributed by atoms with van der Waals surface area (Å²) in [4.78, 5) is 0. The van der Waals surface area contributed by atoms with Crippen LogP contribution in [0, 0.1) is 5.92 Å². The molecule has 0 amide bonds. The molecule has 1 aromatic carbocycles. The maximum absolute atomic E-state index is 5.49. The zero-order valence-electron chi connectivity index (χ0n) is 11.8. The first-order valence-electron chi connectivity index (χ1n) is 7.11. The molecule has 0 spiro atoms. The minimum atomic E-state index is 0.261. The Hall–Kier alpha value is -0.760. The summed E-state index contributed by atoms with van der Waals surface area (Å²) >= 11 is 3.61. The quantitative estimate of drug-likeness (QED) is 0.660. The number of hydrogen-bond acceptors (Lipinski definition) is 1. The van der Waals surface area contributed by atoms with Crippen molar-refractivity contribution in [1.29, 1.82) is 0 Å². The number of ether oxygens (including phenoxy) is 1. The highest BCUT2D eigenvalue weighted by Gasteiger charge is 2.43. The van der Waals surface area contributed by atoms with E-state index in [0.717, 1.165) is 16.6 Å². The van der Waals surface area contributed by atoms with Gasteiger partial charge < -0.3 is 4.74 Å². The van der Waals surface area contributed by atoms with Crippen LogP contribution in [0.1, 0.15) is 43.7 Å². The van der Waals surface area contributed by atoms with Crippen LogP contribution >= 0.6 is 15.9 Å². The maximum Gasteiger partial charge on any atom is 0.133 e. The molecule has 0 radical (unpaired) electrons. The Morgan fingerprint density at radius 3 is 2.89 bits per heavy atom. The fourth-order valence-corrected chi connectivity index (χ4v) is 4.67. The van der Waals surface area contributed by atoms with Gasteiger partial charge in [0, 0.05) is 0 Å². The zero-order valence-corrected chi connectivity index (χ0v) is 13.3. The van der Waals surface area contributed by atoms with Gasteiger partial charge in [-0.2, -0.15) is 0 Å². The van der Waals surface area contributed by atoms with E-state index in [9.17, 15) is 0 Å². The topological polar surface area (TPSA) is 9.23 Å². The van der Waals surface area contributed by atoms with Crippen molar-refractivity contribution < 1.29 is 4.74 Å². The van der Waals surface area contributed by atoms with Crippen LogP contribution in [0.5, 0.6) is 5.75 Å². The van der Waals surface area contributed by atoms with Crippen molar-refractivity contribution in [1.82, 2.24) is 0 Å². The molecule has 1 aromatic rings. The van der Waals surface area contributed by atoms with Gasteiger partial charge in [0.1, 0.15) is 5.75 Å². The van der Waals surface area contributed by atoms with Crippen molar-refractivity contribution in [3.8, 4) is 5.75 Å². The average molecular weight is 321 g/mol. The minimum Gasteiger partial charge on any atom is -0.496 e. The molecule has 0 unspecified atom stereocenters. The van der Waals surface area contributed by atoms with Crippen LogP contribution in [-0.4, -0.2) is 7.11 Å². The summed E-state index contributed by atoms with van der Waals surface area (Å²) in [6.07, 6.45) is 6.17. The van der Waals surface area contributed by atoms with Gasteiger partial charge in [-0.25, -0.2) is 0 Å². The second-order valence-corrected chi connectivity index (χ2v) is 7.02. The van der Waals surface area contributed by atoms with Crippen molar-refractivity contribution in [3.05, 3.63) is 39.9 Å². The van der Waals surface area contributed by atoms with E-state index in [1.807, 2.05) is 0 Å². The standard InChI is InChI=1S/C17H21BrO/c1-11-5-4-8-17(2)13(11)7-6-12-9-15(18)16(19-3)10-14(12)17/h9-10,13H,1,4-8H2,2-3H3/t13-,17-/m0/s1. The molecule has 2 aliphatic rings. The first-order valence-corrected chi connectivity index (χ1v) is 7.90. The van der Waals surface area contributed by atoms with E-state index in [-0.39, 0.29) is 5.41 Å². The Bertz CT molecular complexity index is 534. The van der Waals surface area contributed by atoms with Gasteiger partial charge in [-0.3, -0.25) is 0 Å². The molecule has 2 atom stereocenters. The Labute approximate surface area is 124 Å². The Balaban J connectivity index is 2.14. The average Bonchev–Trinajstić information content (AvgIpc) is 2.37. The molecule has 0 N–H and O–H groups in total. The molecular formula is C17H21BrO. The first kappa shape index (κ1) is 13.2. The highest BCUT2D eigenvalue weighted by Crippen LogP contribution is 2.52. The van der Waals surface area contributed by atoms with Crippen molar-refractivity contribution in [2.45, 2.75) is 44.4 Å². The molecule has 102 valence electrons. The lowest BCUT2D eigenvalue weighted by molar-refractivity contribution is 0.234. The summed E-state index contributed by atoms with van der Waals surface area (Å²) in [6.45, 7) is 6.76. The van der Waals surface area contributed by atoms with E-state index >= 15 is 0 Å². The molecule has 0 aliphatic heterocycles. The van der Waals surface area contributed by atoms with Crippen LogP contribution in [0.25, 0.3) is 0 Å². The SMILES string of the molecule is C=C1CCC[C@]2(C)c3cc(OC)c(Br)cc3CC[C@@H]12. The van der Waals surface area contributed by atoms with Gasteiger partial charge in [-0.05, 0) is 82.6 Å². The molecule has 2 heteroatoms. The van der Waals surface area contributed by atoms with Gasteiger partial charge in [0.15, 0.2) is 0 Å². The molecular weight excluding hydrogens is 300 g/mol. The normalized spacial score (nSPS) is 29.6. The fourth-order valence-electron chi connectivity index (χ4n) is 4.12. The van der Waals surface area contributed by atoms with E-state index in [0.29, 0.717) is 5.92 Å². The van der Waals surface area contributed by atoms with Crippen LogP contribution in [0.3, 0.4) is 0 Å². The number of benzene rings is 1. The molecule has 0 saturated heterocycles. The van der Waals surface area contributed by atoms with Crippen molar-refractivity contribution in [2.24, 2.45) is 5.92 Å². The van der Waals surface area contributed by atoms with Crippen LogP contribution in [-0.2, 0) is 11.8 Å². The monoisotopic (exact) mass is 320 g/mol. The van der Waals surface area contributed by atoms with Gasteiger partial charge in [0.25, 0.3) is 0 Å². The van der Waals surface area contributed by atoms with E-state index in [4.69, 9.17) is 4.74 Å². The zero-order chi connectivity index (χ0) is 13.6. The molecule has 0 aromatic heterocycles. The van der Waals surface area contributed by atoms with Crippen LogP contribution in [0.2, 0.25) is 0 Å². The van der Waals surface area contributed by atoms with Crippen molar-refractivity contribution in [2.75, 3.05) is 7.11 Å². The molecule has 2 aliphatic carbocycles. The maximum atomic E-state index is 5.49. The summed E-state index contributed by atoms with van der Waals surface area (Å²) in [5.74, 6) is 1.61. The van der Waals surface area contributed by atoms with E-state index in [2.05, 4.69) is 41.6 Å². The molecule has 1 nitrogen and oxygen atoms in total. The third-order valence-electron chi connectivity index (χ3n) is 5.15. The van der Waals surface area contributed by atoms with Crippen LogP contribution < -0.4 is 4.74 Å². The van der Waals surface area contributed by atoms with Gasteiger partial charge >= 0.3 is 0 Å². The summed E-state index contributed by atoms with van der Waals surface area (Å²) in [6, 6.07) is 4.51. The summed E-state index contributed by atoms with van der Waals surface area (Å²) in [5, 5.41) is 0. The number of methoxy groups -OCH3 is 1. The number of rotatable bonds is 1. The van der Waals surface area contributed by atoms with E-state index in [1.165, 1.54) is 42.4 Å². The second kappa shape index (κ2) is 4.66. The number of allylic oxidation sites excluding steroid dienone is 1. The largest absolute Gasteiger partial charge is 0.496 e. The lowest BCUT2D eigenvalue weighted by Crippen LogP contribution is -2.40. The Morgan fingerprint density at radius 1 is 1.37 bits per heavy atom. The highest BCUT2D eigenvalue weighted by atomic mass is 79.9. The molecule has 19 heavy (non-hydrogen) atoms. The lowest BCUT2D eigenvalue weighted by Gasteiger charge is -2.47. The molecule has 0 bridgehead atoms. The Kier molecular flexibility index (Phi) is 3.24. The van der Waals surface area contributed by atoms with E-state index in [1.54, 1.807) is 7.11 Å². The number of halogens is 1. The number of hydrogen-bond donors (Lipinski definition) is 0. The van der Waals surface area contributed by atoms with Crippen LogP contribution in [0.15, 0.2) is 28.8 Å². The second-order valence-electron chi connectivity index (χ2n) is 6.16. The molecule has 0 heterocycles. The minimum absolute atomic E-state index is 0.261. The van der Waals surface area contributed by atoms with Crippen molar-refractivity contribution >= 4 is 15.9 Å². The highest BCUT2D eigenvalue weighted by molar-refractivity contribution is 9.10. The number of fused-ring (bicyclic) bond motifs is 3. The van der Waals surface area contributed by atoms with Gasteiger partial charge in [-0.15, -0.1) is 0 Å². The summed E-state index contributed by atoms with van der Waals surface area (Å²) in [5.41, 5.74) is 4.70. The smallest absolute Gasteiger partial charge is 0.133 e. The first-order chi connectivity index (χ1) is 9.06. The molecule has 1 saturated carbocycles. The number of aryl methyl sites for hydroxylation is 1. The fraction of sp³-hybridized carbons (Fsp3) is 0.529. The lowest BCUT2D eigenvalue weighted by atomic mass is 9.57. The van der Waals surface area contributed by atoms with Crippen LogP contribution in [0.4, 0.5) is 0 Å². The summed E-state index contributed by atoms with van der Waals surface area (Å²) < 4.78 is 6.57. The van der Waals surface area contributed by atoms with Gasteiger partial charge in [0.2, 0.25) is 0 Å². The molecule has 1 fully saturated rings. The summed E-state index contributed by atoms with van der Waals surface area (Å²) in [7, 11) is 1.74. The molecule has 3 rings (SSSR count). The predicted molar refractivity (Wildman–Crippen MR) is 82.8 cm³/mol. The van der Waals surface area contributed by atoms with Gasteiger partial charge in [-0.1, -0.05) is 19.1 Å².